The molecular weight excluding hydrogens is 312 g/mol. The average Bonchev–Trinajstić information content (AvgIpc) is 2.47. The Morgan fingerprint density at radius 2 is 2.18 bits per heavy atom. The normalized spacial score (nSPS) is 9.73. The molecule has 22 heavy (non-hydrogen) atoms. The van der Waals surface area contributed by atoms with Gasteiger partial charge in [0.1, 0.15) is 6.61 Å². The summed E-state index contributed by atoms with van der Waals surface area (Å²) in [6.07, 6.45) is 0.453. The molecule has 0 heterocycles. The zero-order chi connectivity index (χ0) is 16.7. The van der Waals surface area contributed by atoms with Crippen molar-refractivity contribution in [1.82, 2.24) is 5.01 Å². The zero-order valence-electron chi connectivity index (χ0n) is 11.8. The number of nitrogens with zero attached hydrogens (tertiary/aromatic N) is 1. The Bertz CT molecular complexity index is 603. The second kappa shape index (κ2) is 8.04. The molecule has 0 atom stereocenters. The number of carbonyl (C=O) groups excluding carboxylic acids is 2. The third-order valence-corrected chi connectivity index (χ3v) is 2.75. The third kappa shape index (κ3) is 5.10. The lowest BCUT2D eigenvalue weighted by molar-refractivity contribution is -0.140. The van der Waals surface area contributed by atoms with E-state index in [2.05, 4.69) is 12.0 Å². The van der Waals surface area contributed by atoms with E-state index in [4.69, 9.17) is 21.4 Å². The molecule has 2 N–H and O–H groups in total. The Hall–Kier alpha value is -2.54. The molecule has 1 aromatic rings. The summed E-state index contributed by atoms with van der Waals surface area (Å²) in [4.78, 5) is 33.3. The van der Waals surface area contributed by atoms with Crippen LogP contribution in [0.15, 0.2) is 30.4 Å². The number of rotatable bonds is 8. The standard InChI is InChI=1S/C14H15ClN2O5/c1-9(2)14(21)22-6-5-17(8-18)16-12-4-3-10(15)7-11(12)13(19)20/h3-4,7-8,16H,1,5-6H2,2H3,(H,19,20). The molecule has 0 aliphatic carbocycles. The van der Waals surface area contributed by atoms with Crippen LogP contribution in [-0.4, -0.2) is 41.6 Å². The van der Waals surface area contributed by atoms with Gasteiger partial charge >= 0.3 is 11.9 Å². The van der Waals surface area contributed by atoms with Gasteiger partial charge in [-0.15, -0.1) is 0 Å². The summed E-state index contributed by atoms with van der Waals surface area (Å²) >= 11 is 5.74. The number of carboxylic acids is 1. The van der Waals surface area contributed by atoms with Crippen LogP contribution in [0.25, 0.3) is 0 Å². The Labute approximate surface area is 132 Å². The maximum Gasteiger partial charge on any atom is 0.337 e. The van der Waals surface area contributed by atoms with Crippen LogP contribution in [0, 0.1) is 0 Å². The lowest BCUT2D eigenvalue weighted by Crippen LogP contribution is -2.33. The van der Waals surface area contributed by atoms with Gasteiger partial charge in [0.2, 0.25) is 6.41 Å². The van der Waals surface area contributed by atoms with Gasteiger partial charge in [-0.2, -0.15) is 0 Å². The molecule has 7 nitrogen and oxygen atoms in total. The molecule has 118 valence electrons. The first-order valence-electron chi connectivity index (χ1n) is 6.19. The highest BCUT2D eigenvalue weighted by Gasteiger charge is 2.13. The number of carboxylic acid groups (broad SMARTS) is 1. The molecule has 0 radical (unpaired) electrons. The second-order valence-corrected chi connectivity index (χ2v) is 4.76. The fraction of sp³-hybridized carbons (Fsp3) is 0.214. The van der Waals surface area contributed by atoms with E-state index in [0.717, 1.165) is 5.01 Å². The first-order valence-corrected chi connectivity index (χ1v) is 6.57. The molecule has 0 bridgehead atoms. The second-order valence-electron chi connectivity index (χ2n) is 4.32. The van der Waals surface area contributed by atoms with Gasteiger partial charge in [0.05, 0.1) is 17.8 Å². The monoisotopic (exact) mass is 326 g/mol. The van der Waals surface area contributed by atoms with Gasteiger partial charge in [-0.1, -0.05) is 18.2 Å². The number of aromatic carboxylic acids is 1. The summed E-state index contributed by atoms with van der Waals surface area (Å²) in [7, 11) is 0. The highest BCUT2D eigenvalue weighted by molar-refractivity contribution is 6.31. The number of anilines is 1. The molecule has 0 aliphatic heterocycles. The van der Waals surface area contributed by atoms with Crippen molar-refractivity contribution in [2.75, 3.05) is 18.6 Å². The number of nitrogens with one attached hydrogen (secondary N) is 1. The van der Waals surface area contributed by atoms with Gasteiger partial charge in [0, 0.05) is 10.6 Å². The Kier molecular flexibility index (Phi) is 6.40. The topological polar surface area (TPSA) is 95.9 Å². The molecular formula is C14H15ClN2O5. The van der Waals surface area contributed by atoms with Crippen molar-refractivity contribution < 1.29 is 24.2 Å². The van der Waals surface area contributed by atoms with Gasteiger partial charge in [-0.25, -0.2) is 9.59 Å². The van der Waals surface area contributed by atoms with Gasteiger partial charge in [-0.3, -0.25) is 15.2 Å². The fourth-order valence-electron chi connectivity index (χ4n) is 1.44. The van der Waals surface area contributed by atoms with E-state index < -0.39 is 11.9 Å². The molecule has 0 saturated heterocycles. The third-order valence-electron chi connectivity index (χ3n) is 2.52. The van der Waals surface area contributed by atoms with Crippen LogP contribution < -0.4 is 5.43 Å². The van der Waals surface area contributed by atoms with Gasteiger partial charge < -0.3 is 9.84 Å². The smallest absolute Gasteiger partial charge is 0.337 e. The van der Waals surface area contributed by atoms with Gasteiger partial charge in [0.15, 0.2) is 0 Å². The summed E-state index contributed by atoms with van der Waals surface area (Å²) in [5.74, 6) is -1.76. The van der Waals surface area contributed by atoms with Crippen LogP contribution in [0.5, 0.6) is 0 Å². The van der Waals surface area contributed by atoms with Gasteiger partial charge in [0.25, 0.3) is 0 Å². The molecule has 0 aromatic heterocycles. The van der Waals surface area contributed by atoms with Crippen molar-refractivity contribution in [3.63, 3.8) is 0 Å². The molecule has 1 aromatic carbocycles. The van der Waals surface area contributed by atoms with E-state index in [0.29, 0.717) is 6.41 Å². The summed E-state index contributed by atoms with van der Waals surface area (Å²) in [6.45, 7) is 4.90. The quantitative estimate of drug-likeness (QED) is 0.328. The molecule has 1 amide bonds. The Morgan fingerprint density at radius 3 is 2.73 bits per heavy atom. The average molecular weight is 327 g/mol. The number of esters is 1. The maximum absolute atomic E-state index is 11.2. The van der Waals surface area contributed by atoms with E-state index in [1.54, 1.807) is 0 Å². The van der Waals surface area contributed by atoms with Crippen molar-refractivity contribution in [3.8, 4) is 0 Å². The van der Waals surface area contributed by atoms with Crippen LogP contribution in [0.4, 0.5) is 5.69 Å². The highest BCUT2D eigenvalue weighted by atomic mass is 35.5. The lowest BCUT2D eigenvalue weighted by Gasteiger charge is -2.20. The van der Waals surface area contributed by atoms with Crippen LogP contribution in [0.1, 0.15) is 17.3 Å². The number of hydrazine groups is 1. The largest absolute Gasteiger partial charge is 0.478 e. The lowest BCUT2D eigenvalue weighted by atomic mass is 10.2. The maximum atomic E-state index is 11.2. The molecule has 1 rings (SSSR count). The molecule has 0 aliphatic rings. The predicted molar refractivity (Wildman–Crippen MR) is 80.6 cm³/mol. The number of carbonyl (C=O) groups is 3. The number of amides is 1. The first-order chi connectivity index (χ1) is 10.3. The van der Waals surface area contributed by atoms with E-state index in [-0.39, 0.29) is 35.0 Å². The minimum atomic E-state index is -1.19. The summed E-state index contributed by atoms with van der Waals surface area (Å²) in [5, 5.41) is 10.4. The SMILES string of the molecule is C=C(C)C(=O)OCCN(C=O)Nc1ccc(Cl)cc1C(=O)O. The molecule has 0 saturated carbocycles. The minimum Gasteiger partial charge on any atom is -0.478 e. The number of benzene rings is 1. The van der Waals surface area contributed by atoms with Crippen molar-refractivity contribution in [2.45, 2.75) is 6.92 Å². The minimum absolute atomic E-state index is 0.0319. The van der Waals surface area contributed by atoms with Crippen molar-refractivity contribution in [2.24, 2.45) is 0 Å². The van der Waals surface area contributed by atoms with Crippen molar-refractivity contribution >= 4 is 35.6 Å². The van der Waals surface area contributed by atoms with E-state index in [1.165, 1.54) is 25.1 Å². The first kappa shape index (κ1) is 17.5. The van der Waals surface area contributed by atoms with E-state index in [9.17, 15) is 14.4 Å². The van der Waals surface area contributed by atoms with Crippen molar-refractivity contribution in [1.29, 1.82) is 0 Å². The number of hydrogen-bond acceptors (Lipinski definition) is 5. The Balaban J connectivity index is 2.70. The number of hydrogen-bond donors (Lipinski definition) is 2. The summed E-state index contributed by atoms with van der Waals surface area (Å²) in [5.41, 5.74) is 2.97. The van der Waals surface area contributed by atoms with E-state index >= 15 is 0 Å². The Morgan fingerprint density at radius 1 is 1.50 bits per heavy atom. The van der Waals surface area contributed by atoms with Crippen LogP contribution in [-0.2, 0) is 14.3 Å². The van der Waals surface area contributed by atoms with Gasteiger partial charge in [-0.05, 0) is 25.1 Å². The molecule has 8 heteroatoms. The number of halogens is 1. The predicted octanol–water partition coefficient (Wildman–Crippen LogP) is 1.94. The molecule has 0 spiro atoms. The number of ether oxygens (including phenoxy) is 1. The van der Waals surface area contributed by atoms with Crippen LogP contribution in [0.3, 0.4) is 0 Å². The fourth-order valence-corrected chi connectivity index (χ4v) is 1.61. The van der Waals surface area contributed by atoms with Crippen LogP contribution in [0.2, 0.25) is 5.02 Å². The van der Waals surface area contributed by atoms with E-state index in [1.807, 2.05) is 0 Å². The zero-order valence-corrected chi connectivity index (χ0v) is 12.6. The van der Waals surface area contributed by atoms with Crippen molar-refractivity contribution in [3.05, 3.63) is 40.9 Å². The van der Waals surface area contributed by atoms with Crippen LogP contribution >= 0.6 is 11.6 Å². The summed E-state index contributed by atoms with van der Waals surface area (Å²) in [6, 6.07) is 4.18. The molecule has 0 unspecified atom stereocenters. The highest BCUT2D eigenvalue weighted by Crippen LogP contribution is 2.21. The molecule has 0 fully saturated rings. The summed E-state index contributed by atoms with van der Waals surface area (Å²) < 4.78 is 4.85.